The summed E-state index contributed by atoms with van der Waals surface area (Å²) in [5, 5.41) is 17.9. The van der Waals surface area contributed by atoms with Crippen molar-refractivity contribution in [1.29, 1.82) is 5.26 Å². The molecule has 2 N–H and O–H groups in total. The van der Waals surface area contributed by atoms with E-state index < -0.39 is 0 Å². The van der Waals surface area contributed by atoms with Crippen LogP contribution in [0.1, 0.15) is 30.4 Å². The van der Waals surface area contributed by atoms with Gasteiger partial charge < -0.3 is 25.0 Å². The SMILES string of the molecule is N#Cc1cnc2cc(OC3CCOC3)c(NC(=O)C=C3CCNCC3)cc2c1N1CCc2c(Cl)cccc21. The third-order valence-corrected chi connectivity index (χ3v) is 7.68. The van der Waals surface area contributed by atoms with Crippen molar-refractivity contribution in [3.05, 3.63) is 64.3 Å². The van der Waals surface area contributed by atoms with Gasteiger partial charge in [0.25, 0.3) is 0 Å². The molecule has 0 radical (unpaired) electrons. The second-order valence-electron chi connectivity index (χ2n) is 9.78. The van der Waals surface area contributed by atoms with E-state index in [2.05, 4.69) is 26.6 Å². The Balaban J connectivity index is 1.45. The monoisotopic (exact) mass is 529 g/mol. The first-order valence-corrected chi connectivity index (χ1v) is 13.4. The van der Waals surface area contributed by atoms with Gasteiger partial charge in [-0.2, -0.15) is 5.26 Å². The molecular formula is C29H28ClN5O3. The van der Waals surface area contributed by atoms with Crippen molar-refractivity contribution in [2.75, 3.05) is 43.1 Å². The zero-order valence-electron chi connectivity index (χ0n) is 20.9. The molecule has 1 amide bonds. The van der Waals surface area contributed by atoms with Crippen LogP contribution in [0.25, 0.3) is 10.9 Å². The molecule has 2 aromatic carbocycles. The highest BCUT2D eigenvalue weighted by Crippen LogP contribution is 2.44. The van der Waals surface area contributed by atoms with Crippen molar-refractivity contribution in [2.45, 2.75) is 31.8 Å². The number of carbonyl (C=O) groups is 1. The molecule has 0 saturated carbocycles. The number of ether oxygens (including phenoxy) is 2. The molecule has 3 aliphatic heterocycles. The summed E-state index contributed by atoms with van der Waals surface area (Å²) in [5.41, 5.74) is 5.59. The number of nitrogens with zero attached hydrogens (tertiary/aromatic N) is 3. The van der Waals surface area contributed by atoms with Crippen LogP contribution in [0.4, 0.5) is 17.1 Å². The first-order valence-electron chi connectivity index (χ1n) is 13.0. The van der Waals surface area contributed by atoms with Gasteiger partial charge in [0.15, 0.2) is 0 Å². The van der Waals surface area contributed by atoms with Gasteiger partial charge in [-0.05, 0) is 56.1 Å². The summed E-state index contributed by atoms with van der Waals surface area (Å²) in [6, 6.07) is 11.9. The van der Waals surface area contributed by atoms with Crippen LogP contribution in [-0.4, -0.2) is 49.8 Å². The van der Waals surface area contributed by atoms with Crippen LogP contribution in [0.5, 0.6) is 5.75 Å². The Hall–Kier alpha value is -3.64. The second-order valence-corrected chi connectivity index (χ2v) is 10.2. The molecule has 9 heteroatoms. The number of aromatic nitrogens is 1. The fourth-order valence-electron chi connectivity index (χ4n) is 5.43. The Bertz CT molecular complexity index is 1470. The molecule has 6 rings (SSSR count). The molecule has 2 saturated heterocycles. The number of anilines is 3. The Kier molecular flexibility index (Phi) is 6.90. The molecule has 2 fully saturated rings. The highest BCUT2D eigenvalue weighted by atomic mass is 35.5. The Morgan fingerprint density at radius 2 is 2.16 bits per heavy atom. The summed E-state index contributed by atoms with van der Waals surface area (Å²) in [4.78, 5) is 19.8. The number of pyridine rings is 1. The van der Waals surface area contributed by atoms with E-state index in [0.717, 1.165) is 71.7 Å². The predicted octanol–water partition coefficient (Wildman–Crippen LogP) is 4.87. The first-order chi connectivity index (χ1) is 18.6. The Labute approximate surface area is 226 Å². The van der Waals surface area contributed by atoms with Crippen molar-refractivity contribution in [1.82, 2.24) is 10.3 Å². The van der Waals surface area contributed by atoms with Crippen LogP contribution in [0.15, 0.2) is 48.2 Å². The number of benzene rings is 2. The number of fused-ring (bicyclic) bond motifs is 2. The summed E-state index contributed by atoms with van der Waals surface area (Å²) in [6.07, 6.45) is 6.45. The van der Waals surface area contributed by atoms with Crippen molar-refractivity contribution < 1.29 is 14.3 Å². The van der Waals surface area contributed by atoms with Gasteiger partial charge in [0, 0.05) is 47.4 Å². The molecule has 3 aliphatic rings. The standard InChI is InChI=1S/C29H28ClN5O3/c30-23-2-1-3-26-21(23)6-10-35(26)29-19(15-31)16-33-24-14-27(38-20-7-11-37-17-20)25(13-22(24)29)34-28(36)12-18-4-8-32-9-5-18/h1-3,12-14,16,20,32H,4-11,17H2,(H,34,36). The zero-order valence-corrected chi connectivity index (χ0v) is 21.7. The summed E-state index contributed by atoms with van der Waals surface area (Å²) >= 11 is 6.49. The number of halogens is 1. The van der Waals surface area contributed by atoms with Gasteiger partial charge in [0.2, 0.25) is 5.91 Å². The average molecular weight is 530 g/mol. The van der Waals surface area contributed by atoms with E-state index in [9.17, 15) is 10.1 Å². The largest absolute Gasteiger partial charge is 0.486 e. The maximum atomic E-state index is 13.1. The smallest absolute Gasteiger partial charge is 0.248 e. The minimum absolute atomic E-state index is 0.101. The van der Waals surface area contributed by atoms with Crippen molar-refractivity contribution >= 4 is 45.5 Å². The van der Waals surface area contributed by atoms with Crippen molar-refractivity contribution in [3.8, 4) is 11.8 Å². The van der Waals surface area contributed by atoms with Gasteiger partial charge in [0.1, 0.15) is 17.9 Å². The molecule has 0 bridgehead atoms. The molecular weight excluding hydrogens is 502 g/mol. The van der Waals surface area contributed by atoms with Crippen molar-refractivity contribution in [2.24, 2.45) is 0 Å². The maximum Gasteiger partial charge on any atom is 0.248 e. The lowest BCUT2D eigenvalue weighted by molar-refractivity contribution is -0.112. The normalized spacial score (nSPS) is 18.8. The van der Waals surface area contributed by atoms with Gasteiger partial charge in [-0.15, -0.1) is 0 Å². The number of amides is 1. The third kappa shape index (κ3) is 4.81. The lowest BCUT2D eigenvalue weighted by Gasteiger charge is -2.24. The number of nitrogens with one attached hydrogen (secondary N) is 2. The van der Waals surface area contributed by atoms with Crippen molar-refractivity contribution in [3.63, 3.8) is 0 Å². The summed E-state index contributed by atoms with van der Waals surface area (Å²) < 4.78 is 11.8. The van der Waals surface area contributed by atoms with Gasteiger partial charge in [0.05, 0.1) is 35.7 Å². The van der Waals surface area contributed by atoms with Crippen LogP contribution < -0.4 is 20.3 Å². The van der Waals surface area contributed by atoms with Crippen LogP contribution in [0, 0.1) is 11.3 Å². The van der Waals surface area contributed by atoms with Crippen LogP contribution >= 0.6 is 11.6 Å². The third-order valence-electron chi connectivity index (χ3n) is 7.32. The fourth-order valence-corrected chi connectivity index (χ4v) is 5.69. The molecule has 38 heavy (non-hydrogen) atoms. The highest BCUT2D eigenvalue weighted by molar-refractivity contribution is 6.32. The number of piperidine rings is 1. The lowest BCUT2D eigenvalue weighted by Crippen LogP contribution is -2.24. The van der Waals surface area contributed by atoms with E-state index in [1.54, 1.807) is 12.3 Å². The minimum atomic E-state index is -0.196. The molecule has 0 aliphatic carbocycles. The lowest BCUT2D eigenvalue weighted by atomic mass is 10.0. The minimum Gasteiger partial charge on any atom is -0.486 e. The van der Waals surface area contributed by atoms with E-state index >= 15 is 0 Å². The molecule has 194 valence electrons. The highest BCUT2D eigenvalue weighted by Gasteiger charge is 2.28. The number of nitriles is 1. The van der Waals surface area contributed by atoms with E-state index in [1.165, 1.54) is 0 Å². The number of carbonyl (C=O) groups excluding carboxylic acids is 1. The quantitative estimate of drug-likeness (QED) is 0.455. The van der Waals surface area contributed by atoms with Gasteiger partial charge in [-0.1, -0.05) is 23.2 Å². The average Bonchev–Trinajstić information content (AvgIpc) is 3.60. The molecule has 3 aromatic rings. The first kappa shape index (κ1) is 24.7. The van der Waals surface area contributed by atoms with Gasteiger partial charge >= 0.3 is 0 Å². The molecule has 4 heterocycles. The Morgan fingerprint density at radius 3 is 2.95 bits per heavy atom. The van der Waals surface area contributed by atoms with E-state index in [4.69, 9.17) is 21.1 Å². The van der Waals surface area contributed by atoms with Crippen LogP contribution in [-0.2, 0) is 16.0 Å². The van der Waals surface area contributed by atoms with Crippen LogP contribution in [0.2, 0.25) is 5.02 Å². The zero-order chi connectivity index (χ0) is 26.1. The van der Waals surface area contributed by atoms with Gasteiger partial charge in [-0.25, -0.2) is 0 Å². The summed E-state index contributed by atoms with van der Waals surface area (Å²) in [6.45, 7) is 3.58. The fraction of sp³-hybridized carbons (Fsp3) is 0.345. The van der Waals surface area contributed by atoms with E-state index in [-0.39, 0.29) is 12.0 Å². The van der Waals surface area contributed by atoms with E-state index in [1.807, 2.05) is 30.3 Å². The predicted molar refractivity (Wildman–Crippen MR) is 147 cm³/mol. The molecule has 1 aromatic heterocycles. The molecule has 8 nitrogen and oxygen atoms in total. The molecule has 1 unspecified atom stereocenters. The molecule has 0 spiro atoms. The maximum absolute atomic E-state index is 13.1. The second kappa shape index (κ2) is 10.6. The summed E-state index contributed by atoms with van der Waals surface area (Å²) in [5.74, 6) is 0.344. The summed E-state index contributed by atoms with van der Waals surface area (Å²) in [7, 11) is 0. The van der Waals surface area contributed by atoms with Crippen LogP contribution in [0.3, 0.4) is 0 Å². The van der Waals surface area contributed by atoms with Gasteiger partial charge in [-0.3, -0.25) is 9.78 Å². The molecule has 1 atom stereocenters. The van der Waals surface area contributed by atoms with E-state index in [0.29, 0.717) is 42.3 Å². The Morgan fingerprint density at radius 1 is 1.29 bits per heavy atom. The number of hydrogen-bond acceptors (Lipinski definition) is 7. The topological polar surface area (TPSA) is 99.5 Å². The number of hydrogen-bond donors (Lipinski definition) is 2. The number of rotatable bonds is 5.